The van der Waals surface area contributed by atoms with Crippen LogP contribution in [0.3, 0.4) is 0 Å². The van der Waals surface area contributed by atoms with Crippen molar-refractivity contribution in [1.82, 2.24) is 24.8 Å². The van der Waals surface area contributed by atoms with Gasteiger partial charge in [0.25, 0.3) is 0 Å². The van der Waals surface area contributed by atoms with Crippen molar-refractivity contribution in [2.45, 2.75) is 0 Å². The Hall–Kier alpha value is -0.820. The van der Waals surface area contributed by atoms with Crippen LogP contribution in [0.4, 0.5) is 0 Å². The highest BCUT2D eigenvalue weighted by molar-refractivity contribution is 9.11. The summed E-state index contributed by atoms with van der Waals surface area (Å²) in [5, 5.41) is 9.95. The number of halogens is 1. The van der Waals surface area contributed by atoms with Crippen LogP contribution in [0.1, 0.15) is 0 Å². The van der Waals surface area contributed by atoms with Crippen LogP contribution in [0.25, 0.3) is 11.5 Å². The topological polar surface area (TPSA) is 67.3 Å². The molecule has 0 aliphatic heterocycles. The molecule has 0 unspecified atom stereocenters. The number of hydrogen-bond acceptors (Lipinski definition) is 5. The van der Waals surface area contributed by atoms with Gasteiger partial charge in [0, 0.05) is 0 Å². The predicted octanol–water partition coefficient (Wildman–Crippen LogP) is 1.09. The fraction of sp³-hybridized carbons (Fsp3) is 0. The van der Waals surface area contributed by atoms with Gasteiger partial charge in [0.2, 0.25) is 0 Å². The van der Waals surface area contributed by atoms with Crippen LogP contribution in [0.5, 0.6) is 0 Å². The standard InChI is InChI=1S/C4H2BrN5S/c5-4-7-3(9-11-4)2-1-6-10-8-2/h1H,(H,6,8,10). The Bertz CT molecular complexity index is 341. The van der Waals surface area contributed by atoms with E-state index in [9.17, 15) is 0 Å². The van der Waals surface area contributed by atoms with Gasteiger partial charge in [0.15, 0.2) is 15.4 Å². The van der Waals surface area contributed by atoms with E-state index in [-0.39, 0.29) is 0 Å². The number of nitrogens with one attached hydrogen (secondary N) is 1. The molecule has 1 N–H and O–H groups in total. The lowest BCUT2D eigenvalue weighted by atomic mass is 10.5. The third-order valence-electron chi connectivity index (χ3n) is 1.05. The summed E-state index contributed by atoms with van der Waals surface area (Å²) < 4.78 is 4.77. The molecule has 56 valence electrons. The van der Waals surface area contributed by atoms with E-state index in [4.69, 9.17) is 0 Å². The minimum atomic E-state index is 0.593. The van der Waals surface area contributed by atoms with Gasteiger partial charge in [-0.2, -0.15) is 19.8 Å². The van der Waals surface area contributed by atoms with Gasteiger partial charge in [-0.1, -0.05) is 0 Å². The minimum absolute atomic E-state index is 0.593. The molecule has 0 aliphatic rings. The van der Waals surface area contributed by atoms with Crippen molar-refractivity contribution in [3.05, 3.63) is 10.1 Å². The van der Waals surface area contributed by atoms with Gasteiger partial charge in [-0.15, -0.1) is 0 Å². The zero-order valence-corrected chi connectivity index (χ0v) is 7.55. The zero-order valence-electron chi connectivity index (χ0n) is 5.15. The van der Waals surface area contributed by atoms with Crippen molar-refractivity contribution in [3.8, 4) is 11.5 Å². The fourth-order valence-electron chi connectivity index (χ4n) is 0.618. The number of rotatable bonds is 1. The molecule has 0 saturated carbocycles. The Balaban J connectivity index is 2.45. The normalized spacial score (nSPS) is 10.3. The Morgan fingerprint density at radius 2 is 2.45 bits per heavy atom. The van der Waals surface area contributed by atoms with E-state index in [1.165, 1.54) is 11.5 Å². The van der Waals surface area contributed by atoms with Crippen LogP contribution in [0.15, 0.2) is 10.1 Å². The quantitative estimate of drug-likeness (QED) is 0.798. The number of H-pyrrole nitrogens is 1. The van der Waals surface area contributed by atoms with E-state index in [1.807, 2.05) is 0 Å². The SMILES string of the molecule is Brc1nc(-c2cn[nH]n2)ns1. The highest BCUT2D eigenvalue weighted by Crippen LogP contribution is 2.17. The average Bonchev–Trinajstić information content (AvgIpc) is 2.55. The van der Waals surface area contributed by atoms with Crippen molar-refractivity contribution >= 4 is 27.5 Å². The summed E-state index contributed by atoms with van der Waals surface area (Å²) in [7, 11) is 0. The first-order chi connectivity index (χ1) is 5.36. The second-order valence-corrected chi connectivity index (χ2v) is 3.75. The van der Waals surface area contributed by atoms with Gasteiger partial charge >= 0.3 is 0 Å². The molecule has 11 heavy (non-hydrogen) atoms. The average molecular weight is 232 g/mol. The van der Waals surface area contributed by atoms with Gasteiger partial charge in [0.1, 0.15) is 0 Å². The van der Waals surface area contributed by atoms with Crippen LogP contribution < -0.4 is 0 Å². The maximum atomic E-state index is 4.05. The monoisotopic (exact) mass is 231 g/mol. The Morgan fingerprint density at radius 1 is 1.55 bits per heavy atom. The maximum Gasteiger partial charge on any atom is 0.196 e. The number of aromatic amines is 1. The van der Waals surface area contributed by atoms with Crippen molar-refractivity contribution in [2.24, 2.45) is 0 Å². The lowest BCUT2D eigenvalue weighted by molar-refractivity contribution is 0.940. The lowest BCUT2D eigenvalue weighted by Gasteiger charge is -1.79. The first-order valence-electron chi connectivity index (χ1n) is 2.71. The summed E-state index contributed by atoms with van der Waals surface area (Å²) >= 11 is 4.48. The molecule has 2 aromatic heterocycles. The van der Waals surface area contributed by atoms with Gasteiger partial charge in [-0.3, -0.25) is 0 Å². The summed E-state index contributed by atoms with van der Waals surface area (Å²) in [6, 6.07) is 0. The van der Waals surface area contributed by atoms with Gasteiger partial charge in [-0.05, 0) is 27.5 Å². The van der Waals surface area contributed by atoms with E-state index in [2.05, 4.69) is 40.7 Å². The smallest absolute Gasteiger partial charge is 0.196 e. The molecule has 2 aromatic rings. The summed E-state index contributed by atoms with van der Waals surface area (Å²) in [6.07, 6.45) is 1.58. The van der Waals surface area contributed by atoms with Crippen molar-refractivity contribution in [1.29, 1.82) is 0 Å². The molecular formula is C4H2BrN5S. The van der Waals surface area contributed by atoms with E-state index in [1.54, 1.807) is 6.20 Å². The number of nitrogens with zero attached hydrogens (tertiary/aromatic N) is 4. The van der Waals surface area contributed by atoms with Crippen molar-refractivity contribution in [2.75, 3.05) is 0 Å². The largest absolute Gasteiger partial charge is 0.206 e. The lowest BCUT2D eigenvalue weighted by Crippen LogP contribution is -1.79. The van der Waals surface area contributed by atoms with Gasteiger partial charge in [0.05, 0.1) is 6.20 Å². The third kappa shape index (κ3) is 1.29. The van der Waals surface area contributed by atoms with E-state index in [0.29, 0.717) is 11.5 Å². The van der Waals surface area contributed by atoms with Crippen LogP contribution in [0, 0.1) is 0 Å². The summed E-state index contributed by atoms with van der Waals surface area (Å²) in [5.41, 5.74) is 0.659. The molecule has 0 aromatic carbocycles. The van der Waals surface area contributed by atoms with Gasteiger partial charge < -0.3 is 0 Å². The number of aromatic nitrogens is 5. The Morgan fingerprint density at radius 3 is 3.00 bits per heavy atom. The zero-order chi connectivity index (χ0) is 7.68. The highest BCUT2D eigenvalue weighted by atomic mass is 79.9. The van der Waals surface area contributed by atoms with E-state index >= 15 is 0 Å². The van der Waals surface area contributed by atoms with E-state index < -0.39 is 0 Å². The van der Waals surface area contributed by atoms with Gasteiger partial charge in [-0.25, -0.2) is 4.98 Å². The highest BCUT2D eigenvalue weighted by Gasteiger charge is 2.05. The van der Waals surface area contributed by atoms with Crippen LogP contribution in [-0.4, -0.2) is 24.8 Å². The first kappa shape index (κ1) is 6.86. The molecule has 7 heteroatoms. The molecule has 2 heterocycles. The molecule has 0 fully saturated rings. The van der Waals surface area contributed by atoms with Crippen molar-refractivity contribution in [3.63, 3.8) is 0 Å². The molecule has 0 aliphatic carbocycles. The second kappa shape index (κ2) is 2.67. The Labute approximate surface area is 74.2 Å². The second-order valence-electron chi connectivity index (χ2n) is 1.73. The molecule has 0 spiro atoms. The summed E-state index contributed by atoms with van der Waals surface area (Å²) in [4.78, 5) is 4.05. The first-order valence-corrected chi connectivity index (χ1v) is 4.28. The molecule has 0 bridgehead atoms. The summed E-state index contributed by atoms with van der Waals surface area (Å²) in [6.45, 7) is 0. The number of hydrogen-bond donors (Lipinski definition) is 1. The fourth-order valence-corrected chi connectivity index (χ4v) is 1.43. The van der Waals surface area contributed by atoms with Crippen LogP contribution in [-0.2, 0) is 0 Å². The van der Waals surface area contributed by atoms with Crippen LogP contribution >= 0.6 is 27.5 Å². The molecule has 0 amide bonds. The van der Waals surface area contributed by atoms with E-state index in [0.717, 1.165) is 3.92 Å². The predicted molar refractivity (Wildman–Crippen MR) is 43.0 cm³/mol. The molecule has 0 saturated heterocycles. The maximum absolute atomic E-state index is 4.05. The molecule has 2 rings (SSSR count). The molecule has 0 radical (unpaired) electrons. The third-order valence-corrected chi connectivity index (χ3v) is 2.16. The molecule has 5 nitrogen and oxygen atoms in total. The van der Waals surface area contributed by atoms with Crippen molar-refractivity contribution < 1.29 is 0 Å². The minimum Gasteiger partial charge on any atom is -0.206 e. The molecule has 0 atom stereocenters. The Kier molecular flexibility index (Phi) is 1.66. The summed E-state index contributed by atoms with van der Waals surface area (Å²) in [5.74, 6) is 0.593. The van der Waals surface area contributed by atoms with Crippen LogP contribution in [0.2, 0.25) is 0 Å². The molecular weight excluding hydrogens is 230 g/mol.